The average molecular weight is 265 g/mol. The van der Waals surface area contributed by atoms with Crippen LogP contribution in [0, 0.1) is 18.6 Å². The van der Waals surface area contributed by atoms with E-state index in [2.05, 4.69) is 5.32 Å². The van der Waals surface area contributed by atoms with Crippen LogP contribution in [0.25, 0.3) is 0 Å². The highest BCUT2D eigenvalue weighted by Gasteiger charge is 2.28. The van der Waals surface area contributed by atoms with Crippen molar-refractivity contribution in [2.24, 2.45) is 0 Å². The first-order valence-corrected chi connectivity index (χ1v) is 5.44. The molecule has 0 spiro atoms. The summed E-state index contributed by atoms with van der Waals surface area (Å²) in [6.07, 6.45) is 0. The molecule has 1 rings (SSSR count). The first-order valence-electron chi connectivity index (χ1n) is 5.44. The Balaban J connectivity index is 2.79. The standard InChI is InChI=1S/C12H15F4NO/c1-7-3-11(14)9(4-10(7)13)8(2)17-5-12(15,16)6-18/h3-4,8,17-18H,5-6H2,1-2H3. The second-order valence-electron chi connectivity index (χ2n) is 4.24. The lowest BCUT2D eigenvalue weighted by Gasteiger charge is -2.19. The predicted molar refractivity (Wildman–Crippen MR) is 59.5 cm³/mol. The minimum Gasteiger partial charge on any atom is -0.390 e. The van der Waals surface area contributed by atoms with Crippen LogP contribution in [0.2, 0.25) is 0 Å². The molecule has 6 heteroatoms. The summed E-state index contributed by atoms with van der Waals surface area (Å²) in [5.74, 6) is -4.52. The van der Waals surface area contributed by atoms with E-state index in [0.29, 0.717) is 0 Å². The van der Waals surface area contributed by atoms with Gasteiger partial charge in [0.05, 0.1) is 6.54 Å². The minimum atomic E-state index is -3.28. The van der Waals surface area contributed by atoms with Gasteiger partial charge in [0, 0.05) is 11.6 Å². The van der Waals surface area contributed by atoms with E-state index in [0.717, 1.165) is 12.1 Å². The van der Waals surface area contributed by atoms with Gasteiger partial charge in [0.15, 0.2) is 0 Å². The van der Waals surface area contributed by atoms with Gasteiger partial charge in [-0.05, 0) is 31.5 Å². The molecular formula is C12H15F4NO. The highest BCUT2D eigenvalue weighted by molar-refractivity contribution is 5.27. The Morgan fingerprint density at radius 1 is 1.28 bits per heavy atom. The fraction of sp³-hybridized carbons (Fsp3) is 0.500. The number of benzene rings is 1. The first kappa shape index (κ1) is 14.9. The first-order chi connectivity index (χ1) is 8.26. The van der Waals surface area contributed by atoms with Crippen molar-refractivity contribution in [2.75, 3.05) is 13.2 Å². The molecule has 0 radical (unpaired) electrons. The molecule has 0 aliphatic carbocycles. The summed E-state index contributed by atoms with van der Waals surface area (Å²) in [6, 6.07) is 1.23. The number of hydrogen-bond acceptors (Lipinski definition) is 2. The maximum absolute atomic E-state index is 13.5. The van der Waals surface area contributed by atoms with Gasteiger partial charge in [0.2, 0.25) is 0 Å². The number of aliphatic hydroxyl groups is 1. The van der Waals surface area contributed by atoms with Crippen molar-refractivity contribution in [3.63, 3.8) is 0 Å². The van der Waals surface area contributed by atoms with Gasteiger partial charge in [-0.15, -0.1) is 0 Å². The highest BCUT2D eigenvalue weighted by Crippen LogP contribution is 2.21. The van der Waals surface area contributed by atoms with E-state index in [1.54, 1.807) is 0 Å². The smallest absolute Gasteiger partial charge is 0.282 e. The molecule has 1 aromatic rings. The molecule has 2 nitrogen and oxygen atoms in total. The molecule has 0 fully saturated rings. The molecule has 0 heterocycles. The van der Waals surface area contributed by atoms with Crippen molar-refractivity contribution in [3.8, 4) is 0 Å². The molecule has 18 heavy (non-hydrogen) atoms. The van der Waals surface area contributed by atoms with Crippen molar-refractivity contribution in [1.29, 1.82) is 0 Å². The van der Waals surface area contributed by atoms with Gasteiger partial charge in [-0.3, -0.25) is 0 Å². The molecule has 0 bridgehead atoms. The molecule has 102 valence electrons. The van der Waals surface area contributed by atoms with Crippen LogP contribution in [-0.4, -0.2) is 24.2 Å². The van der Waals surface area contributed by atoms with Crippen LogP contribution in [0.4, 0.5) is 17.6 Å². The molecular weight excluding hydrogens is 250 g/mol. The van der Waals surface area contributed by atoms with E-state index in [1.165, 1.54) is 13.8 Å². The number of rotatable bonds is 5. The zero-order chi connectivity index (χ0) is 13.9. The Morgan fingerprint density at radius 2 is 1.89 bits per heavy atom. The van der Waals surface area contributed by atoms with Crippen LogP contribution >= 0.6 is 0 Å². The van der Waals surface area contributed by atoms with Crippen LogP contribution in [0.15, 0.2) is 12.1 Å². The van der Waals surface area contributed by atoms with Crippen LogP contribution in [0.3, 0.4) is 0 Å². The van der Waals surface area contributed by atoms with E-state index in [-0.39, 0.29) is 11.1 Å². The normalized spacial score (nSPS) is 13.7. The van der Waals surface area contributed by atoms with Gasteiger partial charge in [-0.2, -0.15) is 0 Å². The zero-order valence-electron chi connectivity index (χ0n) is 10.1. The summed E-state index contributed by atoms with van der Waals surface area (Å²) in [5.41, 5.74) is 0.135. The number of aryl methyl sites for hydroxylation is 1. The third-order valence-electron chi connectivity index (χ3n) is 2.64. The maximum atomic E-state index is 13.5. The van der Waals surface area contributed by atoms with Crippen LogP contribution in [0.5, 0.6) is 0 Å². The quantitative estimate of drug-likeness (QED) is 0.802. The fourth-order valence-corrected chi connectivity index (χ4v) is 1.46. The number of aliphatic hydroxyl groups excluding tert-OH is 1. The van der Waals surface area contributed by atoms with Crippen molar-refractivity contribution >= 4 is 0 Å². The monoisotopic (exact) mass is 265 g/mol. The summed E-state index contributed by atoms with van der Waals surface area (Å²) < 4.78 is 52.4. The van der Waals surface area contributed by atoms with Gasteiger partial charge in [-0.1, -0.05) is 0 Å². The summed E-state index contributed by atoms with van der Waals surface area (Å²) in [5, 5.41) is 10.7. The van der Waals surface area contributed by atoms with Gasteiger partial charge >= 0.3 is 0 Å². The molecule has 0 aliphatic heterocycles. The molecule has 0 saturated heterocycles. The Morgan fingerprint density at radius 3 is 2.44 bits per heavy atom. The van der Waals surface area contributed by atoms with E-state index >= 15 is 0 Å². The summed E-state index contributed by atoms with van der Waals surface area (Å²) >= 11 is 0. The Kier molecular flexibility index (Phi) is 4.70. The molecule has 1 aromatic carbocycles. The minimum absolute atomic E-state index is 0.0214. The Bertz CT molecular complexity index is 423. The SMILES string of the molecule is Cc1cc(F)c(C(C)NCC(F)(F)CO)cc1F. The average Bonchev–Trinajstić information content (AvgIpc) is 2.31. The molecule has 0 saturated carbocycles. The van der Waals surface area contributed by atoms with E-state index in [9.17, 15) is 17.6 Å². The number of alkyl halides is 2. The van der Waals surface area contributed by atoms with Crippen LogP contribution < -0.4 is 5.32 Å². The van der Waals surface area contributed by atoms with E-state index < -0.39 is 36.8 Å². The molecule has 2 N–H and O–H groups in total. The summed E-state index contributed by atoms with van der Waals surface area (Å²) in [7, 11) is 0. The molecule has 1 atom stereocenters. The number of halogens is 4. The summed E-state index contributed by atoms with van der Waals surface area (Å²) in [4.78, 5) is 0. The highest BCUT2D eigenvalue weighted by atomic mass is 19.3. The molecule has 1 unspecified atom stereocenters. The molecule has 0 amide bonds. The van der Waals surface area contributed by atoms with E-state index in [4.69, 9.17) is 5.11 Å². The summed E-state index contributed by atoms with van der Waals surface area (Å²) in [6.45, 7) is 0.762. The Labute approximate surface area is 103 Å². The van der Waals surface area contributed by atoms with Crippen molar-refractivity contribution in [2.45, 2.75) is 25.8 Å². The van der Waals surface area contributed by atoms with Gasteiger partial charge in [0.1, 0.15) is 18.2 Å². The second-order valence-corrected chi connectivity index (χ2v) is 4.24. The fourth-order valence-electron chi connectivity index (χ4n) is 1.46. The van der Waals surface area contributed by atoms with Crippen molar-refractivity contribution < 1.29 is 22.7 Å². The largest absolute Gasteiger partial charge is 0.390 e. The van der Waals surface area contributed by atoms with Crippen molar-refractivity contribution in [3.05, 3.63) is 34.9 Å². The van der Waals surface area contributed by atoms with Gasteiger partial charge in [-0.25, -0.2) is 17.6 Å². The zero-order valence-corrected chi connectivity index (χ0v) is 10.1. The third-order valence-corrected chi connectivity index (χ3v) is 2.64. The van der Waals surface area contributed by atoms with Gasteiger partial charge in [0.25, 0.3) is 5.92 Å². The lowest BCUT2D eigenvalue weighted by atomic mass is 10.0. The number of nitrogens with one attached hydrogen (secondary N) is 1. The maximum Gasteiger partial charge on any atom is 0.282 e. The lowest BCUT2D eigenvalue weighted by molar-refractivity contribution is -0.0491. The second kappa shape index (κ2) is 5.67. The number of hydrogen-bond donors (Lipinski definition) is 2. The van der Waals surface area contributed by atoms with Gasteiger partial charge < -0.3 is 10.4 Å². The third kappa shape index (κ3) is 3.68. The van der Waals surface area contributed by atoms with Crippen LogP contribution in [-0.2, 0) is 0 Å². The topological polar surface area (TPSA) is 32.3 Å². The van der Waals surface area contributed by atoms with E-state index in [1.807, 2.05) is 0 Å². The lowest BCUT2D eigenvalue weighted by Crippen LogP contribution is -2.37. The van der Waals surface area contributed by atoms with Crippen molar-refractivity contribution in [1.82, 2.24) is 5.32 Å². The Hall–Kier alpha value is -1.14. The molecule has 0 aliphatic rings. The predicted octanol–water partition coefficient (Wildman–Crippen LogP) is 2.55. The van der Waals surface area contributed by atoms with Crippen LogP contribution in [0.1, 0.15) is 24.1 Å². The molecule has 0 aromatic heterocycles.